The molecule has 0 saturated heterocycles. The van der Waals surface area contributed by atoms with E-state index in [-0.39, 0.29) is 17.2 Å². The molecule has 5 nitrogen and oxygen atoms in total. The summed E-state index contributed by atoms with van der Waals surface area (Å²) < 4.78 is 25.4. The molecule has 0 aliphatic carbocycles. The Morgan fingerprint density at radius 3 is 2.38 bits per heavy atom. The van der Waals surface area contributed by atoms with Gasteiger partial charge in [0.15, 0.2) is 6.61 Å². The van der Waals surface area contributed by atoms with E-state index in [2.05, 4.69) is 0 Å². The number of aromatic nitrogens is 1. The van der Waals surface area contributed by atoms with Crippen LogP contribution in [-0.2, 0) is 4.74 Å². The number of hydrogen-bond acceptors (Lipinski definition) is 4. The molecule has 7 heteroatoms. The summed E-state index contributed by atoms with van der Waals surface area (Å²) in [5.74, 6) is -1.08. The van der Waals surface area contributed by atoms with Crippen molar-refractivity contribution in [3.63, 3.8) is 0 Å². The first-order chi connectivity index (χ1) is 13.8. The van der Waals surface area contributed by atoms with Gasteiger partial charge in [-0.1, -0.05) is 11.6 Å². The van der Waals surface area contributed by atoms with E-state index in [0.717, 1.165) is 11.4 Å². The summed E-state index contributed by atoms with van der Waals surface area (Å²) in [5, 5.41) is 0.354. The molecule has 0 atom stereocenters. The van der Waals surface area contributed by atoms with Crippen LogP contribution in [0.1, 0.15) is 32.1 Å². The number of Topliss-reactive ketones (excluding diaryl/α,β-unsaturated/α-hetero) is 1. The van der Waals surface area contributed by atoms with Crippen LogP contribution < -0.4 is 4.74 Å². The zero-order valence-corrected chi connectivity index (χ0v) is 16.9. The van der Waals surface area contributed by atoms with Gasteiger partial charge in [-0.15, -0.1) is 0 Å². The van der Waals surface area contributed by atoms with Gasteiger partial charge < -0.3 is 14.0 Å². The van der Waals surface area contributed by atoms with Crippen molar-refractivity contribution in [2.24, 2.45) is 0 Å². The number of ketones is 1. The molecule has 0 unspecified atom stereocenters. The Morgan fingerprint density at radius 2 is 1.72 bits per heavy atom. The summed E-state index contributed by atoms with van der Waals surface area (Å²) in [6, 6.07) is 12.3. The fraction of sp³-hybridized carbons (Fsp3) is 0.182. The Kier molecular flexibility index (Phi) is 6.03. The first kappa shape index (κ1) is 20.6. The molecular formula is C22H19ClFNO4. The van der Waals surface area contributed by atoms with Gasteiger partial charge in [0.2, 0.25) is 5.78 Å². The van der Waals surface area contributed by atoms with Crippen LogP contribution in [0.2, 0.25) is 5.02 Å². The van der Waals surface area contributed by atoms with E-state index in [1.165, 1.54) is 25.3 Å². The second kappa shape index (κ2) is 8.49. The zero-order valence-electron chi connectivity index (χ0n) is 16.2. The molecular weight excluding hydrogens is 397 g/mol. The van der Waals surface area contributed by atoms with E-state index >= 15 is 0 Å². The number of hydrogen-bond donors (Lipinski definition) is 0. The molecule has 29 heavy (non-hydrogen) atoms. The average Bonchev–Trinajstić information content (AvgIpc) is 3.00. The second-order valence-corrected chi connectivity index (χ2v) is 6.88. The zero-order chi connectivity index (χ0) is 21.1. The maximum atomic E-state index is 13.2. The van der Waals surface area contributed by atoms with Crippen LogP contribution in [0.5, 0.6) is 5.75 Å². The van der Waals surface area contributed by atoms with Crippen molar-refractivity contribution in [3.8, 4) is 11.4 Å². The lowest BCUT2D eigenvalue weighted by molar-refractivity contribution is 0.0471. The molecule has 1 heterocycles. The Morgan fingerprint density at radius 1 is 1.03 bits per heavy atom. The molecule has 0 N–H and O–H groups in total. The summed E-state index contributed by atoms with van der Waals surface area (Å²) in [5.41, 5.74) is 2.79. The molecule has 1 aromatic heterocycles. The molecule has 0 aliphatic rings. The molecule has 0 saturated carbocycles. The number of carbonyl (C=O) groups is 2. The number of esters is 1. The van der Waals surface area contributed by atoms with Gasteiger partial charge >= 0.3 is 5.97 Å². The van der Waals surface area contributed by atoms with Crippen LogP contribution >= 0.6 is 11.6 Å². The van der Waals surface area contributed by atoms with Gasteiger partial charge in [-0.2, -0.15) is 0 Å². The summed E-state index contributed by atoms with van der Waals surface area (Å²) in [6.45, 7) is 3.20. The third-order valence-corrected chi connectivity index (χ3v) is 4.77. The van der Waals surface area contributed by atoms with Crippen LogP contribution in [0.4, 0.5) is 4.39 Å². The summed E-state index contributed by atoms with van der Waals surface area (Å²) in [6.07, 6.45) is 0. The van der Waals surface area contributed by atoms with Crippen molar-refractivity contribution in [2.75, 3.05) is 13.7 Å². The molecule has 0 amide bonds. The molecule has 150 valence electrons. The molecule has 0 radical (unpaired) electrons. The van der Waals surface area contributed by atoms with E-state index in [4.69, 9.17) is 21.1 Å². The van der Waals surface area contributed by atoms with E-state index in [1.807, 2.05) is 11.5 Å². The van der Waals surface area contributed by atoms with Crippen LogP contribution in [0.25, 0.3) is 5.69 Å². The number of benzene rings is 2. The number of methoxy groups -OCH3 is 1. The first-order valence-corrected chi connectivity index (χ1v) is 9.18. The lowest BCUT2D eigenvalue weighted by atomic mass is 10.1. The first-order valence-electron chi connectivity index (χ1n) is 8.80. The van der Waals surface area contributed by atoms with E-state index < -0.39 is 12.6 Å². The highest BCUT2D eigenvalue weighted by atomic mass is 35.5. The van der Waals surface area contributed by atoms with Crippen LogP contribution in [0.15, 0.2) is 48.5 Å². The fourth-order valence-electron chi connectivity index (χ4n) is 3.16. The van der Waals surface area contributed by atoms with E-state index in [0.29, 0.717) is 22.0 Å². The van der Waals surface area contributed by atoms with E-state index in [1.54, 1.807) is 37.3 Å². The lowest BCUT2D eigenvalue weighted by Crippen LogP contribution is -2.15. The largest absolute Gasteiger partial charge is 0.496 e. The Hall–Kier alpha value is -3.12. The quantitative estimate of drug-likeness (QED) is 0.423. The number of rotatable bonds is 6. The van der Waals surface area contributed by atoms with Crippen LogP contribution in [0, 0.1) is 19.7 Å². The number of halogens is 2. The maximum Gasteiger partial charge on any atom is 0.342 e. The van der Waals surface area contributed by atoms with Gasteiger partial charge in [0, 0.05) is 27.7 Å². The summed E-state index contributed by atoms with van der Waals surface area (Å²) in [4.78, 5) is 25.0. The predicted molar refractivity (Wildman–Crippen MR) is 108 cm³/mol. The van der Waals surface area contributed by atoms with Crippen molar-refractivity contribution < 1.29 is 23.5 Å². The molecule has 0 aliphatic heterocycles. The standard InChI is InChI=1S/C22H19ClFNO4/c1-13-10-18(14(2)25(13)17-7-5-16(24)6-8-17)20(26)12-29-22(27)19-11-15(23)4-9-21(19)28-3/h4-11H,12H2,1-3H3. The number of nitrogens with zero attached hydrogens (tertiary/aromatic N) is 1. The van der Waals surface area contributed by atoms with Gasteiger partial charge in [0.1, 0.15) is 17.1 Å². The minimum atomic E-state index is -0.704. The molecule has 3 rings (SSSR count). The van der Waals surface area contributed by atoms with Gasteiger partial charge in [0.05, 0.1) is 7.11 Å². The van der Waals surface area contributed by atoms with Gasteiger partial charge in [-0.05, 0) is 62.4 Å². The predicted octanol–water partition coefficient (Wildman–Crippen LogP) is 4.93. The third-order valence-electron chi connectivity index (χ3n) is 4.53. The maximum absolute atomic E-state index is 13.2. The highest BCUT2D eigenvalue weighted by Crippen LogP contribution is 2.24. The van der Waals surface area contributed by atoms with Crippen molar-refractivity contribution in [3.05, 3.63) is 81.9 Å². The number of aryl methyl sites for hydroxylation is 1. The SMILES string of the molecule is COc1ccc(Cl)cc1C(=O)OCC(=O)c1cc(C)n(-c2ccc(F)cc2)c1C. The topological polar surface area (TPSA) is 57.5 Å². The second-order valence-electron chi connectivity index (χ2n) is 6.44. The van der Waals surface area contributed by atoms with Crippen LogP contribution in [-0.4, -0.2) is 30.0 Å². The molecule has 0 bridgehead atoms. The number of ether oxygens (including phenoxy) is 2. The normalized spacial score (nSPS) is 10.7. The highest BCUT2D eigenvalue weighted by Gasteiger charge is 2.20. The molecule has 2 aromatic carbocycles. The van der Waals surface area contributed by atoms with Crippen molar-refractivity contribution in [1.29, 1.82) is 0 Å². The summed E-state index contributed by atoms with van der Waals surface area (Å²) >= 11 is 5.93. The average molecular weight is 416 g/mol. The van der Waals surface area contributed by atoms with Crippen molar-refractivity contribution >= 4 is 23.4 Å². The number of carbonyl (C=O) groups excluding carboxylic acids is 2. The fourth-order valence-corrected chi connectivity index (χ4v) is 3.33. The van der Waals surface area contributed by atoms with Crippen molar-refractivity contribution in [2.45, 2.75) is 13.8 Å². The summed E-state index contributed by atoms with van der Waals surface area (Å²) in [7, 11) is 1.43. The minimum absolute atomic E-state index is 0.143. The molecule has 3 aromatic rings. The van der Waals surface area contributed by atoms with Crippen molar-refractivity contribution in [1.82, 2.24) is 4.57 Å². The van der Waals surface area contributed by atoms with Crippen LogP contribution in [0.3, 0.4) is 0 Å². The molecule has 0 spiro atoms. The smallest absolute Gasteiger partial charge is 0.342 e. The monoisotopic (exact) mass is 415 g/mol. The molecule has 0 fully saturated rings. The van der Waals surface area contributed by atoms with Gasteiger partial charge in [-0.25, -0.2) is 9.18 Å². The van der Waals surface area contributed by atoms with Gasteiger partial charge in [-0.3, -0.25) is 4.79 Å². The Balaban J connectivity index is 1.78. The lowest BCUT2D eigenvalue weighted by Gasteiger charge is -2.10. The minimum Gasteiger partial charge on any atom is -0.496 e. The Bertz CT molecular complexity index is 1070. The third kappa shape index (κ3) is 4.32. The van der Waals surface area contributed by atoms with Gasteiger partial charge in [0.25, 0.3) is 0 Å². The van der Waals surface area contributed by atoms with E-state index in [9.17, 15) is 14.0 Å². The highest BCUT2D eigenvalue weighted by molar-refractivity contribution is 6.31. The Labute approximate surface area is 172 Å².